The first-order valence-electron chi connectivity index (χ1n) is 7.74. The Labute approximate surface area is 155 Å². The Balaban J connectivity index is 0.000000321. The lowest BCUT2D eigenvalue weighted by molar-refractivity contribution is -0.192. The molecule has 0 spiro atoms. The molecule has 1 fully saturated rings. The summed E-state index contributed by atoms with van der Waals surface area (Å²) in [5, 5.41) is 10.5. The van der Waals surface area contributed by atoms with Crippen LogP contribution in [0.2, 0.25) is 0 Å². The molecule has 0 atom stereocenters. The van der Waals surface area contributed by atoms with Crippen molar-refractivity contribution in [2.75, 3.05) is 25.5 Å². The van der Waals surface area contributed by atoms with Crippen molar-refractivity contribution in [2.24, 2.45) is 0 Å². The van der Waals surface area contributed by atoms with Crippen LogP contribution >= 0.6 is 11.3 Å². The minimum Gasteiger partial charge on any atom is -0.479 e. The molecule has 3 rings (SSSR count). The number of likely N-dealkylation sites (tertiary alicyclic amines) is 1. The van der Waals surface area contributed by atoms with E-state index in [1.165, 1.54) is 31.2 Å². The highest BCUT2D eigenvalue weighted by molar-refractivity contribution is 7.22. The fourth-order valence-electron chi connectivity index (χ4n) is 2.20. The number of hydrogen-bond acceptors (Lipinski definition) is 7. The summed E-state index contributed by atoms with van der Waals surface area (Å²) >= 11 is 1.32. The number of carboxylic acid groups (broad SMARTS) is 1. The Morgan fingerprint density at radius 3 is 2.44 bits per heavy atom. The summed E-state index contributed by atoms with van der Waals surface area (Å²) in [6, 6.07) is -0.101. The molecule has 1 saturated heterocycles. The highest BCUT2D eigenvalue weighted by Crippen LogP contribution is 2.29. The number of urea groups is 1. The molecule has 0 bridgehead atoms. The number of aromatic nitrogens is 3. The van der Waals surface area contributed by atoms with Crippen molar-refractivity contribution >= 4 is 38.8 Å². The van der Waals surface area contributed by atoms with Gasteiger partial charge in [0, 0.05) is 13.1 Å². The number of halogens is 3. The number of rotatable bonds is 2. The van der Waals surface area contributed by atoms with E-state index in [9.17, 15) is 18.0 Å². The van der Waals surface area contributed by atoms with Crippen LogP contribution in [0.25, 0.3) is 10.3 Å². The van der Waals surface area contributed by atoms with Crippen molar-refractivity contribution in [3.63, 3.8) is 0 Å². The summed E-state index contributed by atoms with van der Waals surface area (Å²) in [5.41, 5.74) is 0.578. The van der Waals surface area contributed by atoms with E-state index >= 15 is 0 Å². The molecule has 2 N–H and O–H groups in total. The van der Waals surface area contributed by atoms with Gasteiger partial charge in [-0.15, -0.1) is 0 Å². The summed E-state index contributed by atoms with van der Waals surface area (Å²) in [4.78, 5) is 36.0. The molecule has 13 heteroatoms. The molecule has 2 aromatic rings. The zero-order chi connectivity index (χ0) is 20.0. The molecule has 1 aliphatic heterocycles. The average molecular weight is 407 g/mol. The van der Waals surface area contributed by atoms with Gasteiger partial charge in [-0.3, -0.25) is 5.32 Å². The lowest BCUT2D eigenvalue weighted by Gasteiger charge is -2.26. The maximum absolute atomic E-state index is 12.1. The van der Waals surface area contributed by atoms with E-state index in [0.717, 1.165) is 25.9 Å². The van der Waals surface area contributed by atoms with E-state index in [1.54, 1.807) is 0 Å². The van der Waals surface area contributed by atoms with E-state index in [1.807, 2.05) is 4.90 Å². The molecule has 0 radical (unpaired) electrons. The van der Waals surface area contributed by atoms with Gasteiger partial charge in [-0.25, -0.2) is 19.6 Å². The number of methoxy groups -OCH3 is 1. The molecule has 3 heterocycles. The number of fused-ring (bicyclic) bond motifs is 1. The van der Waals surface area contributed by atoms with Crippen molar-refractivity contribution < 1.29 is 32.6 Å². The predicted octanol–water partition coefficient (Wildman–Crippen LogP) is 2.75. The van der Waals surface area contributed by atoms with Crippen molar-refractivity contribution in [3.8, 4) is 5.88 Å². The van der Waals surface area contributed by atoms with Gasteiger partial charge >= 0.3 is 18.2 Å². The standard InChI is InChI=1S/C12H15N5O2S.C2HF3O2/c1-19-9-8-10(14-7-13-9)20-11(15-8)16-12(18)17-5-3-2-4-6-17;3-2(4,5)1(6)7/h7H,2-6H2,1H3,(H,15,16,18);(H,6,7). The second-order valence-electron chi connectivity index (χ2n) is 5.34. The monoisotopic (exact) mass is 407 g/mol. The van der Waals surface area contributed by atoms with E-state index in [4.69, 9.17) is 14.6 Å². The normalized spacial score (nSPS) is 14.3. The predicted molar refractivity (Wildman–Crippen MR) is 89.9 cm³/mol. The van der Waals surface area contributed by atoms with Gasteiger partial charge in [0.05, 0.1) is 7.11 Å². The van der Waals surface area contributed by atoms with Gasteiger partial charge < -0.3 is 14.7 Å². The number of thiazole rings is 1. The fourth-order valence-corrected chi connectivity index (χ4v) is 2.99. The lowest BCUT2D eigenvalue weighted by atomic mass is 10.1. The molecule has 2 amide bonds. The summed E-state index contributed by atoms with van der Waals surface area (Å²) in [7, 11) is 1.53. The van der Waals surface area contributed by atoms with Gasteiger partial charge in [-0.1, -0.05) is 11.3 Å². The van der Waals surface area contributed by atoms with E-state index in [0.29, 0.717) is 21.4 Å². The molecule has 0 saturated carbocycles. The Kier molecular flexibility index (Phi) is 6.71. The van der Waals surface area contributed by atoms with Crippen LogP contribution in [0.4, 0.5) is 23.1 Å². The van der Waals surface area contributed by atoms with Gasteiger partial charge in [-0.2, -0.15) is 18.2 Å². The van der Waals surface area contributed by atoms with Crippen molar-refractivity contribution in [1.82, 2.24) is 19.9 Å². The maximum Gasteiger partial charge on any atom is 0.490 e. The third-order valence-corrected chi connectivity index (χ3v) is 4.33. The first-order chi connectivity index (χ1) is 12.7. The Morgan fingerprint density at radius 1 is 1.26 bits per heavy atom. The Bertz CT molecular complexity index is 808. The number of piperidine rings is 1. The van der Waals surface area contributed by atoms with Crippen LogP contribution in [0, 0.1) is 0 Å². The number of hydrogen-bond donors (Lipinski definition) is 2. The van der Waals surface area contributed by atoms with E-state index < -0.39 is 12.1 Å². The lowest BCUT2D eigenvalue weighted by Crippen LogP contribution is -2.38. The number of amides is 2. The zero-order valence-corrected chi connectivity index (χ0v) is 14.9. The molecule has 2 aromatic heterocycles. The summed E-state index contributed by atoms with van der Waals surface area (Å²) < 4.78 is 36.9. The van der Waals surface area contributed by atoms with Gasteiger partial charge in [0.25, 0.3) is 0 Å². The smallest absolute Gasteiger partial charge is 0.479 e. The second kappa shape index (κ2) is 8.79. The van der Waals surface area contributed by atoms with Gasteiger partial charge in [-0.05, 0) is 19.3 Å². The Morgan fingerprint density at radius 2 is 1.89 bits per heavy atom. The summed E-state index contributed by atoms with van der Waals surface area (Å²) in [6.45, 7) is 1.61. The molecule has 9 nitrogen and oxygen atoms in total. The number of ether oxygens (including phenoxy) is 1. The molecule has 148 valence electrons. The van der Waals surface area contributed by atoms with Gasteiger partial charge in [0.1, 0.15) is 6.33 Å². The number of nitrogens with one attached hydrogen (secondary N) is 1. The number of anilines is 1. The van der Waals surface area contributed by atoms with Gasteiger partial charge in [0.2, 0.25) is 5.88 Å². The molecule has 0 aromatic carbocycles. The number of carboxylic acids is 1. The second-order valence-corrected chi connectivity index (χ2v) is 6.31. The van der Waals surface area contributed by atoms with Crippen LogP contribution in [0.15, 0.2) is 6.33 Å². The van der Waals surface area contributed by atoms with Crippen LogP contribution in [0.1, 0.15) is 19.3 Å². The minimum absolute atomic E-state index is 0.101. The number of nitrogens with zero attached hydrogens (tertiary/aromatic N) is 4. The third-order valence-electron chi connectivity index (χ3n) is 3.45. The quantitative estimate of drug-likeness (QED) is 0.786. The third kappa shape index (κ3) is 5.64. The van der Waals surface area contributed by atoms with Crippen molar-refractivity contribution in [3.05, 3.63) is 6.33 Å². The Hall–Kier alpha value is -2.70. The molecular weight excluding hydrogens is 391 g/mol. The van der Waals surface area contributed by atoms with Crippen molar-refractivity contribution in [2.45, 2.75) is 25.4 Å². The minimum atomic E-state index is -5.08. The molecule has 1 aliphatic rings. The number of carbonyl (C=O) groups is 2. The van der Waals surface area contributed by atoms with Crippen LogP contribution in [-0.4, -0.2) is 63.3 Å². The van der Waals surface area contributed by atoms with Gasteiger partial charge in [0.15, 0.2) is 15.5 Å². The van der Waals surface area contributed by atoms with E-state index in [2.05, 4.69) is 20.3 Å². The first kappa shape index (κ1) is 20.6. The van der Waals surface area contributed by atoms with Crippen LogP contribution in [0.3, 0.4) is 0 Å². The fraction of sp³-hybridized carbons (Fsp3) is 0.500. The maximum atomic E-state index is 12.1. The molecule has 27 heavy (non-hydrogen) atoms. The highest BCUT2D eigenvalue weighted by Gasteiger charge is 2.38. The molecule has 0 unspecified atom stereocenters. The number of alkyl halides is 3. The SMILES string of the molecule is COc1ncnc2sc(NC(=O)N3CCCCC3)nc12.O=C(O)C(F)(F)F. The number of carbonyl (C=O) groups excluding carboxylic acids is 1. The largest absolute Gasteiger partial charge is 0.490 e. The average Bonchev–Trinajstić information content (AvgIpc) is 3.04. The molecule has 0 aliphatic carbocycles. The van der Waals surface area contributed by atoms with E-state index in [-0.39, 0.29) is 6.03 Å². The van der Waals surface area contributed by atoms with Crippen LogP contribution in [-0.2, 0) is 4.79 Å². The summed E-state index contributed by atoms with van der Waals surface area (Å²) in [5.74, 6) is -2.34. The number of aliphatic carboxylic acids is 1. The van der Waals surface area contributed by atoms with Crippen LogP contribution in [0.5, 0.6) is 5.88 Å². The topological polar surface area (TPSA) is 118 Å². The van der Waals surface area contributed by atoms with Crippen LogP contribution < -0.4 is 10.1 Å². The summed E-state index contributed by atoms with van der Waals surface area (Å²) in [6.07, 6.45) is -0.341. The molecular formula is C14H16F3N5O4S. The van der Waals surface area contributed by atoms with Crippen molar-refractivity contribution in [1.29, 1.82) is 0 Å². The first-order valence-corrected chi connectivity index (χ1v) is 8.55. The highest BCUT2D eigenvalue weighted by atomic mass is 32.1. The zero-order valence-electron chi connectivity index (χ0n) is 14.1.